The molecule has 7 nitrogen and oxygen atoms in total. The predicted octanol–water partition coefficient (Wildman–Crippen LogP) is 1.02. The van der Waals surface area contributed by atoms with E-state index in [1.54, 1.807) is 19.4 Å². The number of halogens is 1. The summed E-state index contributed by atoms with van der Waals surface area (Å²) in [7, 11) is 1.71. The number of hydrogen-bond acceptors (Lipinski definition) is 7. The van der Waals surface area contributed by atoms with Crippen LogP contribution < -0.4 is 10.5 Å². The van der Waals surface area contributed by atoms with Gasteiger partial charge >= 0.3 is 0 Å². The monoisotopic (exact) mass is 327 g/mol. The van der Waals surface area contributed by atoms with Crippen LogP contribution >= 0.6 is 22.9 Å². The van der Waals surface area contributed by atoms with Gasteiger partial charge in [-0.15, -0.1) is 10.2 Å². The van der Waals surface area contributed by atoms with Crippen molar-refractivity contribution in [1.82, 2.24) is 20.0 Å². The molecule has 0 radical (unpaired) electrons. The van der Waals surface area contributed by atoms with E-state index in [-0.39, 0.29) is 18.2 Å². The first kappa shape index (κ1) is 14.4. The summed E-state index contributed by atoms with van der Waals surface area (Å²) in [6.07, 6.45) is 2.88. The molecular weight excluding hydrogens is 314 g/mol. The Morgan fingerprint density at radius 2 is 2.38 bits per heavy atom. The molecule has 1 fully saturated rings. The highest BCUT2D eigenvalue weighted by Crippen LogP contribution is 2.19. The molecule has 0 bridgehead atoms. The Hall–Kier alpha value is -1.51. The molecule has 0 N–H and O–H groups in total. The smallest absolute Gasteiger partial charge is 0.269 e. The third kappa shape index (κ3) is 3.22. The first-order chi connectivity index (χ1) is 10.2. The molecular formula is C12H14ClN5O2S. The average molecular weight is 328 g/mol. The normalized spacial score (nSPS) is 18.4. The first-order valence-electron chi connectivity index (χ1n) is 6.48. The van der Waals surface area contributed by atoms with Crippen LogP contribution in [-0.2, 0) is 11.3 Å². The van der Waals surface area contributed by atoms with Crippen LogP contribution in [0.4, 0.5) is 5.69 Å². The molecule has 0 spiro atoms. The van der Waals surface area contributed by atoms with Crippen molar-refractivity contribution in [2.75, 3.05) is 25.1 Å². The standard InChI is InChI=1S/C12H14ClN5O2S/c1-20-9-2-3-17(6-9)8-4-11(19)18(14-5-8)7-10-15-16-12(13)21-10/h4-5,9H,2-3,6-7H2,1H3. The van der Waals surface area contributed by atoms with E-state index in [1.807, 2.05) is 0 Å². The van der Waals surface area contributed by atoms with Crippen LogP contribution in [0.1, 0.15) is 11.4 Å². The maximum absolute atomic E-state index is 12.1. The summed E-state index contributed by atoms with van der Waals surface area (Å²) in [5.41, 5.74) is 0.658. The van der Waals surface area contributed by atoms with Gasteiger partial charge in [0, 0.05) is 26.3 Å². The predicted molar refractivity (Wildman–Crippen MR) is 80.1 cm³/mol. The number of methoxy groups -OCH3 is 1. The summed E-state index contributed by atoms with van der Waals surface area (Å²) in [6, 6.07) is 1.59. The summed E-state index contributed by atoms with van der Waals surface area (Å²) >= 11 is 6.96. The van der Waals surface area contributed by atoms with Crippen molar-refractivity contribution in [2.24, 2.45) is 0 Å². The van der Waals surface area contributed by atoms with E-state index in [0.29, 0.717) is 9.47 Å². The highest BCUT2D eigenvalue weighted by atomic mass is 35.5. The van der Waals surface area contributed by atoms with Gasteiger partial charge in [-0.25, -0.2) is 4.68 Å². The van der Waals surface area contributed by atoms with Crippen molar-refractivity contribution in [3.8, 4) is 0 Å². The third-order valence-corrected chi connectivity index (χ3v) is 4.43. The molecule has 21 heavy (non-hydrogen) atoms. The average Bonchev–Trinajstić information content (AvgIpc) is 3.10. The Balaban J connectivity index is 1.75. The number of ether oxygens (including phenoxy) is 1. The highest BCUT2D eigenvalue weighted by molar-refractivity contribution is 7.15. The van der Waals surface area contributed by atoms with Gasteiger partial charge in [0.2, 0.25) is 4.47 Å². The molecule has 0 aromatic carbocycles. The molecule has 1 aliphatic heterocycles. The fraction of sp³-hybridized carbons (Fsp3) is 0.500. The van der Waals surface area contributed by atoms with E-state index >= 15 is 0 Å². The zero-order valence-electron chi connectivity index (χ0n) is 11.4. The van der Waals surface area contributed by atoms with Gasteiger partial charge in [0.05, 0.1) is 24.5 Å². The molecule has 1 unspecified atom stereocenters. The largest absolute Gasteiger partial charge is 0.380 e. The van der Waals surface area contributed by atoms with E-state index in [4.69, 9.17) is 16.3 Å². The molecule has 112 valence electrons. The van der Waals surface area contributed by atoms with Gasteiger partial charge in [0.25, 0.3) is 5.56 Å². The number of anilines is 1. The van der Waals surface area contributed by atoms with Crippen LogP contribution in [0.3, 0.4) is 0 Å². The van der Waals surface area contributed by atoms with Crippen molar-refractivity contribution in [3.05, 3.63) is 32.1 Å². The maximum atomic E-state index is 12.1. The lowest BCUT2D eigenvalue weighted by Crippen LogP contribution is -2.27. The molecule has 0 aliphatic carbocycles. The van der Waals surface area contributed by atoms with Gasteiger partial charge in [-0.3, -0.25) is 4.79 Å². The zero-order chi connectivity index (χ0) is 14.8. The minimum absolute atomic E-state index is 0.167. The molecule has 9 heteroatoms. The second-order valence-electron chi connectivity index (χ2n) is 4.75. The quantitative estimate of drug-likeness (QED) is 0.835. The highest BCUT2D eigenvalue weighted by Gasteiger charge is 2.22. The Morgan fingerprint density at radius 3 is 3.00 bits per heavy atom. The van der Waals surface area contributed by atoms with Crippen molar-refractivity contribution >= 4 is 28.6 Å². The van der Waals surface area contributed by atoms with E-state index in [1.165, 1.54) is 16.0 Å². The zero-order valence-corrected chi connectivity index (χ0v) is 13.0. The van der Waals surface area contributed by atoms with E-state index in [9.17, 15) is 4.79 Å². The van der Waals surface area contributed by atoms with Gasteiger partial charge in [-0.2, -0.15) is 5.10 Å². The second kappa shape index (κ2) is 6.08. The summed E-state index contributed by atoms with van der Waals surface area (Å²) in [6.45, 7) is 1.94. The minimum atomic E-state index is -0.167. The van der Waals surface area contributed by atoms with Gasteiger partial charge in [-0.05, 0) is 18.0 Å². The molecule has 0 saturated carbocycles. The number of rotatable bonds is 4. The Labute approximate surface area is 130 Å². The molecule has 1 atom stereocenters. The van der Waals surface area contributed by atoms with Crippen molar-refractivity contribution in [2.45, 2.75) is 19.1 Å². The molecule has 0 amide bonds. The fourth-order valence-corrected chi connectivity index (χ4v) is 3.15. The van der Waals surface area contributed by atoms with Gasteiger partial charge < -0.3 is 9.64 Å². The van der Waals surface area contributed by atoms with Gasteiger partial charge in [0.1, 0.15) is 5.01 Å². The summed E-state index contributed by atoms with van der Waals surface area (Å²) in [5, 5.41) is 12.4. The first-order valence-corrected chi connectivity index (χ1v) is 7.68. The van der Waals surface area contributed by atoms with Crippen molar-refractivity contribution in [1.29, 1.82) is 0 Å². The molecule has 1 aliphatic rings. The van der Waals surface area contributed by atoms with Crippen molar-refractivity contribution < 1.29 is 4.74 Å². The number of hydrogen-bond donors (Lipinski definition) is 0. The number of aromatic nitrogens is 4. The lowest BCUT2D eigenvalue weighted by atomic mass is 10.3. The summed E-state index contributed by atoms with van der Waals surface area (Å²) in [4.78, 5) is 14.2. The maximum Gasteiger partial charge on any atom is 0.269 e. The van der Waals surface area contributed by atoms with Crippen LogP contribution in [0.15, 0.2) is 17.1 Å². The molecule has 2 aromatic rings. The van der Waals surface area contributed by atoms with Crippen LogP contribution in [0.25, 0.3) is 0 Å². The molecule has 1 saturated heterocycles. The fourth-order valence-electron chi connectivity index (χ4n) is 2.30. The third-order valence-electron chi connectivity index (χ3n) is 3.43. The SMILES string of the molecule is COC1CCN(c2cnn(Cc3nnc(Cl)s3)c(=O)c2)C1. The van der Waals surface area contributed by atoms with Crippen LogP contribution in [0.5, 0.6) is 0 Å². The molecule has 2 aromatic heterocycles. The molecule has 3 rings (SSSR count). The van der Waals surface area contributed by atoms with E-state index in [0.717, 1.165) is 25.2 Å². The second-order valence-corrected chi connectivity index (χ2v) is 6.40. The van der Waals surface area contributed by atoms with Crippen LogP contribution in [0.2, 0.25) is 4.47 Å². The van der Waals surface area contributed by atoms with E-state index in [2.05, 4.69) is 20.2 Å². The lowest BCUT2D eigenvalue weighted by molar-refractivity contribution is 0.121. The Kier molecular flexibility index (Phi) is 4.18. The van der Waals surface area contributed by atoms with Crippen molar-refractivity contribution in [3.63, 3.8) is 0 Å². The van der Waals surface area contributed by atoms with Crippen LogP contribution in [-0.4, -0.2) is 46.3 Å². The summed E-state index contributed by atoms with van der Waals surface area (Å²) in [5.74, 6) is 0. The number of nitrogens with zero attached hydrogens (tertiary/aromatic N) is 5. The lowest BCUT2D eigenvalue weighted by Gasteiger charge is -2.17. The topological polar surface area (TPSA) is 73.1 Å². The summed E-state index contributed by atoms with van der Waals surface area (Å²) < 4.78 is 7.04. The van der Waals surface area contributed by atoms with E-state index < -0.39 is 0 Å². The Morgan fingerprint density at radius 1 is 1.52 bits per heavy atom. The van der Waals surface area contributed by atoms with Gasteiger partial charge in [0.15, 0.2) is 0 Å². The van der Waals surface area contributed by atoms with Gasteiger partial charge in [-0.1, -0.05) is 11.3 Å². The van der Waals surface area contributed by atoms with Crippen LogP contribution in [0, 0.1) is 0 Å². The Bertz CT molecular complexity index is 688. The molecule has 3 heterocycles. The minimum Gasteiger partial charge on any atom is -0.380 e.